The lowest BCUT2D eigenvalue weighted by atomic mass is 9.96. The molecule has 0 radical (unpaired) electrons. The van der Waals surface area contributed by atoms with Crippen molar-refractivity contribution in [1.29, 1.82) is 0 Å². The second kappa shape index (κ2) is 6.02. The number of nitrogens with zero attached hydrogens (tertiary/aromatic N) is 1. The van der Waals surface area contributed by atoms with Crippen LogP contribution >= 0.6 is 11.6 Å². The topological polar surface area (TPSA) is 60.2 Å². The first-order chi connectivity index (χ1) is 9.17. The highest BCUT2D eigenvalue weighted by Gasteiger charge is 2.16. The number of hydrogen-bond donors (Lipinski definition) is 2. The predicted molar refractivity (Wildman–Crippen MR) is 76.1 cm³/mol. The number of methoxy groups -OCH3 is 1. The Labute approximate surface area is 117 Å². The fraction of sp³-hybridized carbons (Fsp3) is 0.214. The number of rotatable bonds is 4. The molecule has 3 N–H and O–H groups in total. The number of nitrogens with one attached hydrogen (secondary N) is 1. The predicted octanol–water partition coefficient (Wildman–Crippen LogP) is 2.60. The highest BCUT2D eigenvalue weighted by atomic mass is 35.5. The molecule has 1 aromatic heterocycles. The Balaban J connectivity index is 2.46. The van der Waals surface area contributed by atoms with Gasteiger partial charge in [0.1, 0.15) is 5.75 Å². The van der Waals surface area contributed by atoms with Crippen molar-refractivity contribution in [2.24, 2.45) is 5.84 Å². The van der Waals surface area contributed by atoms with Crippen molar-refractivity contribution in [3.8, 4) is 5.75 Å². The molecule has 0 fully saturated rings. The second-order valence-electron chi connectivity index (χ2n) is 4.21. The third-order valence-corrected chi connectivity index (χ3v) is 3.50. The van der Waals surface area contributed by atoms with Crippen molar-refractivity contribution in [3.63, 3.8) is 0 Å². The zero-order valence-electron chi connectivity index (χ0n) is 10.9. The minimum absolute atomic E-state index is 0.179. The summed E-state index contributed by atoms with van der Waals surface area (Å²) in [5, 5.41) is 0.716. The molecule has 0 saturated carbocycles. The van der Waals surface area contributed by atoms with Crippen molar-refractivity contribution in [2.75, 3.05) is 7.11 Å². The van der Waals surface area contributed by atoms with Gasteiger partial charge in [-0.3, -0.25) is 10.8 Å². The van der Waals surface area contributed by atoms with E-state index >= 15 is 0 Å². The maximum absolute atomic E-state index is 6.15. The van der Waals surface area contributed by atoms with Gasteiger partial charge < -0.3 is 4.74 Å². The van der Waals surface area contributed by atoms with E-state index in [1.807, 2.05) is 31.2 Å². The molecule has 1 heterocycles. The molecule has 4 nitrogen and oxygen atoms in total. The van der Waals surface area contributed by atoms with E-state index in [0.717, 1.165) is 16.7 Å². The number of ether oxygens (including phenoxy) is 1. The Morgan fingerprint density at radius 1 is 1.37 bits per heavy atom. The van der Waals surface area contributed by atoms with Crippen LogP contribution in [0.2, 0.25) is 5.02 Å². The van der Waals surface area contributed by atoms with Crippen molar-refractivity contribution in [1.82, 2.24) is 10.4 Å². The molecule has 100 valence electrons. The molecule has 1 atom stereocenters. The van der Waals surface area contributed by atoms with Crippen molar-refractivity contribution in [2.45, 2.75) is 13.0 Å². The highest BCUT2D eigenvalue weighted by Crippen LogP contribution is 2.29. The summed E-state index contributed by atoms with van der Waals surface area (Å²) >= 11 is 6.15. The molecular weight excluding hydrogens is 262 g/mol. The van der Waals surface area contributed by atoms with Gasteiger partial charge in [0.2, 0.25) is 0 Å². The second-order valence-corrected chi connectivity index (χ2v) is 4.62. The fourth-order valence-electron chi connectivity index (χ4n) is 2.01. The first kappa shape index (κ1) is 13.8. The van der Waals surface area contributed by atoms with Gasteiger partial charge in [-0.15, -0.1) is 0 Å². The van der Waals surface area contributed by atoms with E-state index in [9.17, 15) is 0 Å². The molecule has 19 heavy (non-hydrogen) atoms. The third kappa shape index (κ3) is 2.87. The minimum Gasteiger partial charge on any atom is -0.495 e. The Kier molecular flexibility index (Phi) is 4.37. The number of aromatic nitrogens is 1. The van der Waals surface area contributed by atoms with Crippen molar-refractivity contribution < 1.29 is 4.74 Å². The maximum atomic E-state index is 6.15. The normalized spacial score (nSPS) is 12.2. The van der Waals surface area contributed by atoms with Crippen molar-refractivity contribution >= 4 is 11.6 Å². The molecule has 1 aromatic carbocycles. The van der Waals surface area contributed by atoms with E-state index in [1.54, 1.807) is 19.5 Å². The molecule has 0 amide bonds. The quantitative estimate of drug-likeness (QED) is 0.666. The molecule has 0 aliphatic rings. The van der Waals surface area contributed by atoms with Crippen LogP contribution in [0.15, 0.2) is 36.7 Å². The zero-order valence-corrected chi connectivity index (χ0v) is 11.6. The summed E-state index contributed by atoms with van der Waals surface area (Å²) in [5.41, 5.74) is 5.74. The summed E-state index contributed by atoms with van der Waals surface area (Å²) in [6, 6.07) is 7.48. The van der Waals surface area contributed by atoms with Crippen LogP contribution < -0.4 is 16.0 Å². The Hall–Kier alpha value is -1.62. The molecule has 2 aromatic rings. The molecule has 0 bridgehead atoms. The summed E-state index contributed by atoms with van der Waals surface area (Å²) in [7, 11) is 1.61. The lowest BCUT2D eigenvalue weighted by Gasteiger charge is -2.19. The average molecular weight is 278 g/mol. The molecule has 2 rings (SSSR count). The maximum Gasteiger partial charge on any atom is 0.137 e. The molecule has 1 unspecified atom stereocenters. The highest BCUT2D eigenvalue weighted by molar-refractivity contribution is 6.31. The van der Waals surface area contributed by atoms with Crippen LogP contribution in [0.4, 0.5) is 0 Å². The number of pyridine rings is 1. The number of hydrogen-bond acceptors (Lipinski definition) is 4. The summed E-state index contributed by atoms with van der Waals surface area (Å²) in [6.07, 6.45) is 3.41. The van der Waals surface area contributed by atoms with Gasteiger partial charge in [-0.1, -0.05) is 23.7 Å². The van der Waals surface area contributed by atoms with E-state index in [1.165, 1.54) is 0 Å². The van der Waals surface area contributed by atoms with Gasteiger partial charge >= 0.3 is 0 Å². The molecule has 0 aliphatic heterocycles. The number of benzene rings is 1. The lowest BCUT2D eigenvalue weighted by Crippen LogP contribution is -2.29. The van der Waals surface area contributed by atoms with Crippen LogP contribution in [0.5, 0.6) is 5.75 Å². The van der Waals surface area contributed by atoms with E-state index in [0.29, 0.717) is 10.8 Å². The van der Waals surface area contributed by atoms with E-state index in [-0.39, 0.29) is 6.04 Å². The van der Waals surface area contributed by atoms with Crippen LogP contribution in [-0.2, 0) is 0 Å². The fourth-order valence-corrected chi connectivity index (χ4v) is 2.19. The lowest BCUT2D eigenvalue weighted by molar-refractivity contribution is 0.411. The first-order valence-corrected chi connectivity index (χ1v) is 6.25. The van der Waals surface area contributed by atoms with Gasteiger partial charge in [0, 0.05) is 11.2 Å². The molecule has 0 saturated heterocycles. The first-order valence-electron chi connectivity index (χ1n) is 5.87. The van der Waals surface area contributed by atoms with Crippen LogP contribution in [0.3, 0.4) is 0 Å². The van der Waals surface area contributed by atoms with Gasteiger partial charge in [-0.25, -0.2) is 5.43 Å². The number of halogens is 1. The summed E-state index contributed by atoms with van der Waals surface area (Å²) < 4.78 is 5.18. The van der Waals surface area contributed by atoms with Gasteiger partial charge in [0.25, 0.3) is 0 Å². The molecule has 0 aliphatic carbocycles. The molecule has 0 spiro atoms. The third-order valence-electron chi connectivity index (χ3n) is 3.09. The van der Waals surface area contributed by atoms with Gasteiger partial charge in [0.15, 0.2) is 0 Å². The smallest absolute Gasteiger partial charge is 0.137 e. The van der Waals surface area contributed by atoms with E-state index in [4.69, 9.17) is 22.2 Å². The number of hydrazine groups is 1. The van der Waals surface area contributed by atoms with E-state index < -0.39 is 0 Å². The Morgan fingerprint density at radius 3 is 2.84 bits per heavy atom. The average Bonchev–Trinajstić information content (AvgIpc) is 2.44. The minimum atomic E-state index is -0.179. The summed E-state index contributed by atoms with van der Waals surface area (Å²) in [5.74, 6) is 6.38. The Bertz CT molecular complexity index is 574. The zero-order chi connectivity index (χ0) is 13.8. The van der Waals surface area contributed by atoms with Gasteiger partial charge in [-0.2, -0.15) is 0 Å². The number of nitrogens with two attached hydrogens (primary N) is 1. The molecular formula is C14H16ClN3O. The largest absolute Gasteiger partial charge is 0.495 e. The molecule has 5 heteroatoms. The SMILES string of the molecule is COc1cncc(C(NN)c2cccc(Cl)c2C)c1. The van der Waals surface area contributed by atoms with Crippen LogP contribution in [0.25, 0.3) is 0 Å². The standard InChI is InChI=1S/C14H16ClN3O/c1-9-12(4-3-5-13(9)15)14(18-16)10-6-11(19-2)8-17-7-10/h3-8,14,18H,16H2,1-2H3. The Morgan fingerprint density at radius 2 is 2.16 bits per heavy atom. The monoisotopic (exact) mass is 277 g/mol. The van der Waals surface area contributed by atoms with Gasteiger partial charge in [0.05, 0.1) is 19.3 Å². The van der Waals surface area contributed by atoms with Gasteiger partial charge in [-0.05, 0) is 35.7 Å². The van der Waals surface area contributed by atoms with E-state index in [2.05, 4.69) is 10.4 Å². The summed E-state index contributed by atoms with van der Waals surface area (Å²) in [4.78, 5) is 4.15. The summed E-state index contributed by atoms with van der Waals surface area (Å²) in [6.45, 7) is 1.97. The van der Waals surface area contributed by atoms with Crippen molar-refractivity contribution in [3.05, 3.63) is 58.4 Å². The van der Waals surface area contributed by atoms with Crippen LogP contribution in [-0.4, -0.2) is 12.1 Å². The van der Waals surface area contributed by atoms with Crippen LogP contribution in [0, 0.1) is 6.92 Å². The van der Waals surface area contributed by atoms with Crippen LogP contribution in [0.1, 0.15) is 22.7 Å².